The predicted octanol–water partition coefficient (Wildman–Crippen LogP) is 1.48. The van der Waals surface area contributed by atoms with Gasteiger partial charge in [0.2, 0.25) is 5.91 Å². The molecule has 0 radical (unpaired) electrons. The lowest BCUT2D eigenvalue weighted by molar-refractivity contribution is -0.123. The van der Waals surface area contributed by atoms with Gasteiger partial charge in [0.25, 0.3) is 11.5 Å². The van der Waals surface area contributed by atoms with E-state index in [0.29, 0.717) is 17.3 Å². The highest BCUT2D eigenvalue weighted by molar-refractivity contribution is 6.04. The zero-order chi connectivity index (χ0) is 18.6. The van der Waals surface area contributed by atoms with Crippen LogP contribution in [0.1, 0.15) is 44.2 Å². The van der Waals surface area contributed by atoms with E-state index in [0.717, 1.165) is 0 Å². The molecule has 0 bridgehead atoms. The molecule has 25 heavy (non-hydrogen) atoms. The van der Waals surface area contributed by atoms with Gasteiger partial charge in [0.15, 0.2) is 5.69 Å². The standard InChI is InChI=1S/C18H24N4O3/c1-11(2)16(23)19-9-10-20-17(24)15-13-7-5-6-8-14(13)18(25)22(21-15)12(3)4/h5-8,11-12H,9-10H2,1-4H3,(H,19,23)(H,20,24). The summed E-state index contributed by atoms with van der Waals surface area (Å²) in [7, 11) is 0. The molecule has 2 amide bonds. The zero-order valence-electron chi connectivity index (χ0n) is 15.0. The largest absolute Gasteiger partial charge is 0.354 e. The fraction of sp³-hybridized carbons (Fsp3) is 0.444. The first-order chi connectivity index (χ1) is 11.8. The molecule has 7 heteroatoms. The number of benzene rings is 1. The number of nitrogens with zero attached hydrogens (tertiary/aromatic N) is 2. The first-order valence-electron chi connectivity index (χ1n) is 8.40. The summed E-state index contributed by atoms with van der Waals surface area (Å²) < 4.78 is 1.32. The van der Waals surface area contributed by atoms with Gasteiger partial charge in [-0.3, -0.25) is 14.4 Å². The van der Waals surface area contributed by atoms with Crippen LogP contribution in [0.25, 0.3) is 10.8 Å². The number of hydrogen-bond acceptors (Lipinski definition) is 4. The van der Waals surface area contributed by atoms with Gasteiger partial charge in [-0.15, -0.1) is 0 Å². The summed E-state index contributed by atoms with van der Waals surface area (Å²) in [6.45, 7) is 7.91. The number of amides is 2. The Bertz CT molecular complexity index is 840. The average Bonchev–Trinajstić information content (AvgIpc) is 2.58. The molecule has 1 aromatic heterocycles. The van der Waals surface area contributed by atoms with E-state index >= 15 is 0 Å². The number of nitrogens with one attached hydrogen (secondary N) is 2. The smallest absolute Gasteiger partial charge is 0.274 e. The Kier molecular flexibility index (Phi) is 5.90. The third kappa shape index (κ3) is 4.23. The maximum absolute atomic E-state index is 12.5. The SMILES string of the molecule is CC(C)C(=O)NCCNC(=O)c1nn(C(C)C)c(=O)c2ccccc12. The Balaban J connectivity index is 2.22. The van der Waals surface area contributed by atoms with Gasteiger partial charge in [-0.05, 0) is 19.9 Å². The lowest BCUT2D eigenvalue weighted by Crippen LogP contribution is -2.37. The molecule has 0 aliphatic heterocycles. The lowest BCUT2D eigenvalue weighted by Gasteiger charge is -2.13. The Morgan fingerprint density at radius 1 is 1.04 bits per heavy atom. The van der Waals surface area contributed by atoms with E-state index in [4.69, 9.17) is 0 Å². The predicted molar refractivity (Wildman–Crippen MR) is 96.6 cm³/mol. The van der Waals surface area contributed by atoms with Crippen molar-refractivity contribution in [2.75, 3.05) is 13.1 Å². The molecule has 1 aromatic carbocycles. The van der Waals surface area contributed by atoms with Gasteiger partial charge in [0.05, 0.1) is 11.4 Å². The molecule has 2 N–H and O–H groups in total. The molecule has 1 heterocycles. The van der Waals surface area contributed by atoms with Gasteiger partial charge in [-0.25, -0.2) is 4.68 Å². The fourth-order valence-electron chi connectivity index (χ4n) is 2.37. The summed E-state index contributed by atoms with van der Waals surface area (Å²) >= 11 is 0. The summed E-state index contributed by atoms with van der Waals surface area (Å²) in [5, 5.41) is 10.7. The van der Waals surface area contributed by atoms with Crippen molar-refractivity contribution < 1.29 is 9.59 Å². The molecular formula is C18H24N4O3. The van der Waals surface area contributed by atoms with E-state index in [2.05, 4.69) is 15.7 Å². The molecule has 0 aliphatic carbocycles. The summed E-state index contributed by atoms with van der Waals surface area (Å²) in [5.41, 5.74) is -0.00886. The number of carbonyl (C=O) groups excluding carboxylic acids is 2. The number of carbonyl (C=O) groups is 2. The molecule has 2 rings (SSSR count). The van der Waals surface area contributed by atoms with Crippen LogP contribution in [0.5, 0.6) is 0 Å². The van der Waals surface area contributed by atoms with Gasteiger partial charge in [-0.2, -0.15) is 5.10 Å². The zero-order valence-corrected chi connectivity index (χ0v) is 15.0. The van der Waals surface area contributed by atoms with E-state index in [1.165, 1.54) is 4.68 Å². The molecular weight excluding hydrogens is 320 g/mol. The van der Waals surface area contributed by atoms with Gasteiger partial charge in [0, 0.05) is 24.4 Å². The van der Waals surface area contributed by atoms with Crippen LogP contribution in [-0.2, 0) is 4.79 Å². The summed E-state index contributed by atoms with van der Waals surface area (Å²) in [4.78, 5) is 36.5. The van der Waals surface area contributed by atoms with Crippen LogP contribution in [-0.4, -0.2) is 34.7 Å². The van der Waals surface area contributed by atoms with Crippen molar-refractivity contribution >= 4 is 22.6 Å². The van der Waals surface area contributed by atoms with Crippen molar-refractivity contribution in [3.8, 4) is 0 Å². The van der Waals surface area contributed by atoms with Gasteiger partial charge < -0.3 is 10.6 Å². The van der Waals surface area contributed by atoms with Crippen LogP contribution >= 0.6 is 0 Å². The normalized spacial score (nSPS) is 11.1. The minimum absolute atomic E-state index is 0.0637. The first-order valence-corrected chi connectivity index (χ1v) is 8.40. The second kappa shape index (κ2) is 7.92. The quantitative estimate of drug-likeness (QED) is 0.776. The summed E-state index contributed by atoms with van der Waals surface area (Å²) in [6.07, 6.45) is 0. The molecule has 0 atom stereocenters. The van der Waals surface area contributed by atoms with Crippen molar-refractivity contribution in [3.63, 3.8) is 0 Å². The monoisotopic (exact) mass is 344 g/mol. The van der Waals surface area contributed by atoms with Gasteiger partial charge in [0.1, 0.15) is 0 Å². The third-order valence-electron chi connectivity index (χ3n) is 3.77. The van der Waals surface area contributed by atoms with E-state index < -0.39 is 0 Å². The second-order valence-corrected chi connectivity index (χ2v) is 6.44. The molecule has 134 valence electrons. The van der Waals surface area contributed by atoms with Crippen molar-refractivity contribution in [2.24, 2.45) is 5.92 Å². The Morgan fingerprint density at radius 2 is 1.64 bits per heavy atom. The minimum Gasteiger partial charge on any atom is -0.354 e. The highest BCUT2D eigenvalue weighted by Gasteiger charge is 2.17. The third-order valence-corrected chi connectivity index (χ3v) is 3.77. The van der Waals surface area contributed by atoms with Gasteiger partial charge >= 0.3 is 0 Å². The highest BCUT2D eigenvalue weighted by Crippen LogP contribution is 2.14. The maximum Gasteiger partial charge on any atom is 0.274 e. The molecule has 0 fully saturated rings. The van der Waals surface area contributed by atoms with Crippen LogP contribution < -0.4 is 16.2 Å². The topological polar surface area (TPSA) is 93.1 Å². The number of aromatic nitrogens is 2. The second-order valence-electron chi connectivity index (χ2n) is 6.44. The summed E-state index contributed by atoms with van der Waals surface area (Å²) in [6, 6.07) is 6.77. The molecule has 7 nitrogen and oxygen atoms in total. The Hall–Kier alpha value is -2.70. The molecule has 0 aliphatic rings. The average molecular weight is 344 g/mol. The fourth-order valence-corrected chi connectivity index (χ4v) is 2.37. The van der Waals surface area contributed by atoms with E-state index in [9.17, 15) is 14.4 Å². The van der Waals surface area contributed by atoms with Crippen molar-refractivity contribution in [1.82, 2.24) is 20.4 Å². The summed E-state index contributed by atoms with van der Waals surface area (Å²) in [5.74, 6) is -0.536. The van der Waals surface area contributed by atoms with Gasteiger partial charge in [-0.1, -0.05) is 32.0 Å². The number of rotatable bonds is 6. The van der Waals surface area contributed by atoms with Crippen LogP contribution in [0.15, 0.2) is 29.1 Å². The van der Waals surface area contributed by atoms with Crippen molar-refractivity contribution in [2.45, 2.75) is 33.7 Å². The van der Waals surface area contributed by atoms with Crippen LogP contribution in [0, 0.1) is 5.92 Å². The van der Waals surface area contributed by atoms with Crippen LogP contribution in [0.3, 0.4) is 0 Å². The van der Waals surface area contributed by atoms with Crippen LogP contribution in [0.4, 0.5) is 0 Å². The molecule has 0 saturated carbocycles. The first kappa shape index (κ1) is 18.6. The maximum atomic E-state index is 12.5. The van der Waals surface area contributed by atoms with Crippen molar-refractivity contribution in [1.29, 1.82) is 0 Å². The lowest BCUT2D eigenvalue weighted by atomic mass is 10.1. The minimum atomic E-state index is -0.371. The number of fused-ring (bicyclic) bond motifs is 1. The van der Waals surface area contributed by atoms with E-state index in [1.54, 1.807) is 38.1 Å². The Labute approximate surface area is 146 Å². The Morgan fingerprint density at radius 3 is 2.24 bits per heavy atom. The van der Waals surface area contributed by atoms with E-state index in [1.807, 2.05) is 13.8 Å². The molecule has 2 aromatic rings. The number of hydrogen-bond donors (Lipinski definition) is 2. The van der Waals surface area contributed by atoms with Crippen LogP contribution in [0.2, 0.25) is 0 Å². The highest BCUT2D eigenvalue weighted by atomic mass is 16.2. The molecule has 0 spiro atoms. The molecule has 0 saturated heterocycles. The molecule has 0 unspecified atom stereocenters. The van der Waals surface area contributed by atoms with E-state index in [-0.39, 0.29) is 41.6 Å². The van der Waals surface area contributed by atoms with Crippen molar-refractivity contribution in [3.05, 3.63) is 40.3 Å².